The van der Waals surface area contributed by atoms with E-state index in [1.807, 2.05) is 0 Å². The van der Waals surface area contributed by atoms with Gasteiger partial charge in [0.25, 0.3) is 5.91 Å². The van der Waals surface area contributed by atoms with E-state index in [1.165, 1.54) is 24.3 Å². The third-order valence-electron chi connectivity index (χ3n) is 3.79. The van der Waals surface area contributed by atoms with E-state index in [-0.39, 0.29) is 12.5 Å². The van der Waals surface area contributed by atoms with Crippen molar-refractivity contribution in [2.45, 2.75) is 25.7 Å². The first-order chi connectivity index (χ1) is 12.3. The number of hydrogen-bond donors (Lipinski definition) is 1. The summed E-state index contributed by atoms with van der Waals surface area (Å²) in [6.45, 7) is 2.02. The van der Waals surface area contributed by atoms with Gasteiger partial charge in [-0.05, 0) is 24.6 Å². The maximum Gasteiger partial charge on any atom is 0.411 e. The molecule has 0 bridgehead atoms. The molecule has 1 atom stereocenters. The standard InChI is InChI=1S/C17H21F3N2O4/c1-12(16(24)22-6-8-25-9-7-22)21-15(23)14-4-2-13(3-5-14)10-26-11-17(18,19)20/h2-5,12H,6-11H2,1H3,(H,21,23). The molecule has 0 aliphatic carbocycles. The van der Waals surface area contributed by atoms with E-state index in [9.17, 15) is 22.8 Å². The second-order valence-electron chi connectivity index (χ2n) is 5.94. The Kier molecular flexibility index (Phi) is 6.98. The Morgan fingerprint density at radius 2 is 1.85 bits per heavy atom. The third-order valence-corrected chi connectivity index (χ3v) is 3.79. The van der Waals surface area contributed by atoms with Crippen LogP contribution in [0.5, 0.6) is 0 Å². The highest BCUT2D eigenvalue weighted by molar-refractivity contribution is 5.97. The minimum absolute atomic E-state index is 0.182. The number of nitrogens with zero attached hydrogens (tertiary/aromatic N) is 1. The van der Waals surface area contributed by atoms with E-state index in [1.54, 1.807) is 11.8 Å². The Bertz CT molecular complexity index is 613. The average Bonchev–Trinajstić information content (AvgIpc) is 2.61. The molecule has 1 saturated heterocycles. The summed E-state index contributed by atoms with van der Waals surface area (Å²) >= 11 is 0. The van der Waals surface area contributed by atoms with Crippen molar-refractivity contribution in [2.75, 3.05) is 32.9 Å². The lowest BCUT2D eigenvalue weighted by molar-refractivity contribution is -0.176. The first-order valence-corrected chi connectivity index (χ1v) is 8.17. The lowest BCUT2D eigenvalue weighted by Gasteiger charge is -2.29. The van der Waals surface area contributed by atoms with E-state index in [2.05, 4.69) is 10.1 Å². The van der Waals surface area contributed by atoms with Gasteiger partial charge in [-0.25, -0.2) is 0 Å². The van der Waals surface area contributed by atoms with Gasteiger partial charge in [-0.2, -0.15) is 13.2 Å². The molecule has 2 rings (SSSR count). The lowest BCUT2D eigenvalue weighted by atomic mass is 10.1. The van der Waals surface area contributed by atoms with Crippen molar-refractivity contribution in [3.8, 4) is 0 Å². The molecule has 0 aromatic heterocycles. The topological polar surface area (TPSA) is 67.9 Å². The van der Waals surface area contributed by atoms with E-state index < -0.39 is 24.7 Å². The molecular formula is C17H21F3N2O4. The number of carbonyl (C=O) groups is 2. The van der Waals surface area contributed by atoms with Crippen LogP contribution in [0.15, 0.2) is 24.3 Å². The monoisotopic (exact) mass is 374 g/mol. The van der Waals surface area contributed by atoms with Crippen LogP contribution in [-0.2, 0) is 20.9 Å². The number of alkyl halides is 3. The fourth-order valence-corrected chi connectivity index (χ4v) is 2.44. The molecule has 1 fully saturated rings. The molecule has 1 aliphatic rings. The van der Waals surface area contributed by atoms with Crippen LogP contribution >= 0.6 is 0 Å². The van der Waals surface area contributed by atoms with E-state index in [0.717, 1.165) is 0 Å². The smallest absolute Gasteiger partial charge is 0.378 e. The fourth-order valence-electron chi connectivity index (χ4n) is 2.44. The minimum Gasteiger partial charge on any atom is -0.378 e. The van der Waals surface area contributed by atoms with Crippen LogP contribution in [0.4, 0.5) is 13.2 Å². The Labute approximate surface area is 149 Å². The van der Waals surface area contributed by atoms with Gasteiger partial charge >= 0.3 is 6.18 Å². The van der Waals surface area contributed by atoms with Gasteiger partial charge in [0.15, 0.2) is 0 Å². The molecule has 0 spiro atoms. The molecule has 2 amide bonds. The third kappa shape index (κ3) is 6.30. The Morgan fingerprint density at radius 1 is 1.23 bits per heavy atom. The maximum atomic E-state index is 12.3. The summed E-state index contributed by atoms with van der Waals surface area (Å²) in [4.78, 5) is 26.1. The van der Waals surface area contributed by atoms with Crippen molar-refractivity contribution in [2.24, 2.45) is 0 Å². The van der Waals surface area contributed by atoms with Crippen LogP contribution in [0.2, 0.25) is 0 Å². The molecule has 144 valence electrons. The number of benzene rings is 1. The molecule has 1 aliphatic heterocycles. The van der Waals surface area contributed by atoms with Gasteiger partial charge in [-0.15, -0.1) is 0 Å². The number of nitrogens with one attached hydrogen (secondary N) is 1. The quantitative estimate of drug-likeness (QED) is 0.824. The predicted molar refractivity (Wildman–Crippen MR) is 86.5 cm³/mol. The number of rotatable bonds is 6. The van der Waals surface area contributed by atoms with E-state index in [4.69, 9.17) is 4.74 Å². The van der Waals surface area contributed by atoms with Crippen LogP contribution in [0.3, 0.4) is 0 Å². The summed E-state index contributed by atoms with van der Waals surface area (Å²) in [5, 5.41) is 2.62. The molecule has 9 heteroatoms. The maximum absolute atomic E-state index is 12.3. The van der Waals surface area contributed by atoms with Crippen LogP contribution in [-0.4, -0.2) is 61.8 Å². The normalized spacial score (nSPS) is 16.2. The SMILES string of the molecule is CC(NC(=O)c1ccc(COCC(F)(F)F)cc1)C(=O)N1CCOCC1. The molecule has 1 N–H and O–H groups in total. The zero-order valence-electron chi connectivity index (χ0n) is 14.3. The van der Waals surface area contributed by atoms with Gasteiger partial charge in [0.2, 0.25) is 5.91 Å². The largest absolute Gasteiger partial charge is 0.411 e. The highest BCUT2D eigenvalue weighted by atomic mass is 19.4. The van der Waals surface area contributed by atoms with Crippen LogP contribution < -0.4 is 5.32 Å². The number of ether oxygens (including phenoxy) is 2. The van der Waals surface area contributed by atoms with Crippen molar-refractivity contribution >= 4 is 11.8 Å². The Balaban J connectivity index is 1.84. The number of carbonyl (C=O) groups excluding carboxylic acids is 2. The summed E-state index contributed by atoms with van der Waals surface area (Å²) in [6, 6.07) is 5.30. The van der Waals surface area contributed by atoms with Gasteiger partial charge in [-0.1, -0.05) is 12.1 Å². The molecule has 1 aromatic rings. The molecule has 26 heavy (non-hydrogen) atoms. The second-order valence-corrected chi connectivity index (χ2v) is 5.94. The second kappa shape index (κ2) is 9.00. The Morgan fingerprint density at radius 3 is 2.42 bits per heavy atom. The first-order valence-electron chi connectivity index (χ1n) is 8.17. The number of amides is 2. The van der Waals surface area contributed by atoms with Crippen molar-refractivity contribution in [1.29, 1.82) is 0 Å². The summed E-state index contributed by atoms with van der Waals surface area (Å²) in [6.07, 6.45) is -4.37. The van der Waals surface area contributed by atoms with Crippen molar-refractivity contribution < 1.29 is 32.2 Å². The summed E-state index contributed by atoms with van der Waals surface area (Å²) in [5.74, 6) is -0.610. The molecule has 0 saturated carbocycles. The highest BCUT2D eigenvalue weighted by Gasteiger charge is 2.27. The molecule has 1 aromatic carbocycles. The van der Waals surface area contributed by atoms with Crippen LogP contribution in [0.1, 0.15) is 22.8 Å². The van der Waals surface area contributed by atoms with Gasteiger partial charge in [0.05, 0.1) is 19.8 Å². The van der Waals surface area contributed by atoms with E-state index in [0.29, 0.717) is 37.4 Å². The molecule has 0 radical (unpaired) electrons. The average molecular weight is 374 g/mol. The molecular weight excluding hydrogens is 353 g/mol. The molecule has 6 nitrogen and oxygen atoms in total. The Hall–Kier alpha value is -2.13. The van der Waals surface area contributed by atoms with E-state index >= 15 is 0 Å². The van der Waals surface area contributed by atoms with Crippen LogP contribution in [0, 0.1) is 0 Å². The summed E-state index contributed by atoms with van der Waals surface area (Å²) in [5.41, 5.74) is 0.828. The van der Waals surface area contributed by atoms with Gasteiger partial charge in [0.1, 0.15) is 12.6 Å². The van der Waals surface area contributed by atoms with Crippen molar-refractivity contribution in [3.63, 3.8) is 0 Å². The predicted octanol–water partition coefficient (Wildman–Crippen LogP) is 1.74. The van der Waals surface area contributed by atoms with Crippen molar-refractivity contribution in [3.05, 3.63) is 35.4 Å². The number of hydrogen-bond acceptors (Lipinski definition) is 4. The summed E-state index contributed by atoms with van der Waals surface area (Å²) < 4.78 is 45.8. The lowest BCUT2D eigenvalue weighted by Crippen LogP contribution is -2.50. The molecule has 1 unspecified atom stereocenters. The van der Waals surface area contributed by atoms with Gasteiger partial charge in [0, 0.05) is 18.7 Å². The molecule has 1 heterocycles. The fraction of sp³-hybridized carbons (Fsp3) is 0.529. The number of morpholine rings is 1. The first kappa shape index (κ1) is 20.2. The van der Waals surface area contributed by atoms with Crippen LogP contribution in [0.25, 0.3) is 0 Å². The van der Waals surface area contributed by atoms with Crippen molar-refractivity contribution in [1.82, 2.24) is 10.2 Å². The highest BCUT2D eigenvalue weighted by Crippen LogP contribution is 2.16. The van der Waals surface area contributed by atoms with Gasteiger partial charge < -0.3 is 19.7 Å². The number of halogens is 3. The minimum atomic E-state index is -4.37. The summed E-state index contributed by atoms with van der Waals surface area (Å²) in [7, 11) is 0. The van der Waals surface area contributed by atoms with Gasteiger partial charge in [-0.3, -0.25) is 9.59 Å². The zero-order chi connectivity index (χ0) is 19.2. The zero-order valence-corrected chi connectivity index (χ0v) is 14.3.